The molecule has 190 valence electrons. The maximum atomic E-state index is 11.6. The van der Waals surface area contributed by atoms with E-state index in [0.717, 1.165) is 11.1 Å². The van der Waals surface area contributed by atoms with Gasteiger partial charge in [-0.05, 0) is 37.3 Å². The van der Waals surface area contributed by atoms with Crippen molar-refractivity contribution in [3.05, 3.63) is 54.1 Å². The molecular weight excluding hydrogens is 436 g/mol. The first kappa shape index (κ1) is 28.2. The molecule has 0 aliphatic carbocycles. The van der Waals surface area contributed by atoms with E-state index in [1.807, 2.05) is 24.3 Å². The minimum atomic E-state index is -0.750. The molecule has 1 aromatic carbocycles. The van der Waals surface area contributed by atoms with Gasteiger partial charge in [-0.3, -0.25) is 0 Å². The fraction of sp³-hybridized carbons (Fsp3) is 0.593. The third-order valence-electron chi connectivity index (χ3n) is 5.32. The fourth-order valence-electron chi connectivity index (χ4n) is 3.42. The SMILES string of the molecule is C=C(C)C(=O)OC1COC2C(OCOCC(C)(C)C)COC12.C=Cc1ccc(C(C)(C)O)cc1. The van der Waals surface area contributed by atoms with E-state index >= 15 is 0 Å². The van der Waals surface area contributed by atoms with Gasteiger partial charge in [0.2, 0.25) is 0 Å². The Morgan fingerprint density at radius 2 is 1.65 bits per heavy atom. The highest BCUT2D eigenvalue weighted by Gasteiger charge is 2.50. The summed E-state index contributed by atoms with van der Waals surface area (Å²) >= 11 is 0. The third-order valence-corrected chi connectivity index (χ3v) is 5.32. The molecule has 2 aliphatic rings. The van der Waals surface area contributed by atoms with Gasteiger partial charge in [0.1, 0.15) is 25.1 Å². The van der Waals surface area contributed by atoms with Crippen LogP contribution in [0.4, 0.5) is 0 Å². The van der Waals surface area contributed by atoms with E-state index in [-0.39, 0.29) is 30.5 Å². The van der Waals surface area contributed by atoms with Crippen LogP contribution in [0.5, 0.6) is 0 Å². The van der Waals surface area contributed by atoms with Gasteiger partial charge in [0.05, 0.1) is 25.4 Å². The standard InChI is InChI=1S/C16H26O6.C11H14O/c1-10(2)15(17)22-12-7-20-13-11(6-19-14(12)13)21-9-18-8-16(3,4)5;1-4-9-5-7-10(8-6-9)11(2,3)12/h11-14H,1,6-9H2,2-5H3;4-8,12H,1H2,2-3H3. The van der Waals surface area contributed by atoms with Crippen LogP contribution in [0.15, 0.2) is 43.0 Å². The Morgan fingerprint density at radius 1 is 1.09 bits per heavy atom. The van der Waals surface area contributed by atoms with E-state index in [2.05, 4.69) is 33.9 Å². The highest BCUT2D eigenvalue weighted by molar-refractivity contribution is 5.87. The van der Waals surface area contributed by atoms with Crippen molar-refractivity contribution in [1.29, 1.82) is 0 Å². The van der Waals surface area contributed by atoms with Gasteiger partial charge < -0.3 is 28.8 Å². The number of aliphatic hydroxyl groups is 1. The van der Waals surface area contributed by atoms with Crippen molar-refractivity contribution in [2.75, 3.05) is 26.6 Å². The molecule has 1 N–H and O–H groups in total. The molecule has 4 unspecified atom stereocenters. The summed E-state index contributed by atoms with van der Waals surface area (Å²) in [6.45, 7) is 20.2. The second kappa shape index (κ2) is 12.1. The topological polar surface area (TPSA) is 83.5 Å². The smallest absolute Gasteiger partial charge is 0.333 e. The molecule has 1 aromatic rings. The highest BCUT2D eigenvalue weighted by Crippen LogP contribution is 2.31. The second-order valence-electron chi connectivity index (χ2n) is 10.4. The molecule has 34 heavy (non-hydrogen) atoms. The number of hydrogen-bond donors (Lipinski definition) is 1. The van der Waals surface area contributed by atoms with E-state index in [1.165, 1.54) is 0 Å². The van der Waals surface area contributed by atoms with Crippen LogP contribution in [0.2, 0.25) is 0 Å². The zero-order valence-corrected chi connectivity index (χ0v) is 21.3. The summed E-state index contributed by atoms with van der Waals surface area (Å²) < 4.78 is 27.9. The number of esters is 1. The van der Waals surface area contributed by atoms with Crippen molar-refractivity contribution < 1.29 is 33.6 Å². The normalized spacial score (nSPS) is 24.1. The van der Waals surface area contributed by atoms with Crippen LogP contribution in [-0.2, 0) is 34.1 Å². The lowest BCUT2D eigenvalue weighted by molar-refractivity contribution is -0.149. The Morgan fingerprint density at radius 3 is 2.15 bits per heavy atom. The third kappa shape index (κ3) is 8.64. The van der Waals surface area contributed by atoms with Crippen LogP contribution >= 0.6 is 0 Å². The highest BCUT2D eigenvalue weighted by atomic mass is 16.7. The molecule has 2 heterocycles. The molecule has 2 fully saturated rings. The van der Waals surface area contributed by atoms with Crippen molar-refractivity contribution in [3.63, 3.8) is 0 Å². The zero-order valence-electron chi connectivity index (χ0n) is 21.3. The Bertz CT molecular complexity index is 817. The summed E-state index contributed by atoms with van der Waals surface area (Å²) in [5.74, 6) is -0.421. The van der Waals surface area contributed by atoms with Gasteiger partial charge in [0.15, 0.2) is 6.10 Å². The number of fused-ring (bicyclic) bond motifs is 1. The second-order valence-corrected chi connectivity index (χ2v) is 10.4. The summed E-state index contributed by atoms with van der Waals surface area (Å²) in [5.41, 5.74) is 1.71. The predicted molar refractivity (Wildman–Crippen MR) is 131 cm³/mol. The number of rotatable bonds is 8. The van der Waals surface area contributed by atoms with Crippen LogP contribution < -0.4 is 0 Å². The molecule has 2 aliphatic heterocycles. The summed E-state index contributed by atoms with van der Waals surface area (Å²) in [4.78, 5) is 11.6. The van der Waals surface area contributed by atoms with E-state index in [0.29, 0.717) is 25.4 Å². The fourth-order valence-corrected chi connectivity index (χ4v) is 3.42. The maximum absolute atomic E-state index is 11.6. The first-order chi connectivity index (χ1) is 15.8. The molecule has 0 spiro atoms. The van der Waals surface area contributed by atoms with E-state index in [1.54, 1.807) is 26.8 Å². The summed E-state index contributed by atoms with van der Waals surface area (Å²) in [5, 5.41) is 9.63. The Hall–Kier alpha value is -2.03. The maximum Gasteiger partial charge on any atom is 0.333 e. The average Bonchev–Trinajstić information content (AvgIpc) is 3.33. The number of carbonyl (C=O) groups is 1. The van der Waals surface area contributed by atoms with E-state index in [9.17, 15) is 9.90 Å². The molecule has 0 bridgehead atoms. The summed E-state index contributed by atoms with van der Waals surface area (Å²) in [6.07, 6.45) is 0.683. The number of ether oxygens (including phenoxy) is 5. The Balaban J connectivity index is 0.000000287. The van der Waals surface area contributed by atoms with Gasteiger partial charge >= 0.3 is 5.97 Å². The Kier molecular flexibility index (Phi) is 10.0. The average molecular weight is 477 g/mol. The largest absolute Gasteiger partial charge is 0.454 e. The van der Waals surface area contributed by atoms with Crippen LogP contribution in [0.25, 0.3) is 6.08 Å². The first-order valence-electron chi connectivity index (χ1n) is 11.6. The van der Waals surface area contributed by atoms with Gasteiger partial charge in [-0.1, -0.05) is 64.3 Å². The number of carbonyl (C=O) groups excluding carboxylic acids is 1. The molecule has 0 saturated carbocycles. The zero-order chi connectivity index (χ0) is 25.5. The van der Waals surface area contributed by atoms with Crippen molar-refractivity contribution in [2.24, 2.45) is 5.41 Å². The Labute approximate surface area is 203 Å². The summed E-state index contributed by atoms with van der Waals surface area (Å²) in [6, 6.07) is 7.72. The van der Waals surface area contributed by atoms with Crippen molar-refractivity contribution in [1.82, 2.24) is 0 Å². The van der Waals surface area contributed by atoms with Crippen molar-refractivity contribution in [2.45, 2.75) is 71.6 Å². The van der Waals surface area contributed by atoms with Crippen molar-refractivity contribution in [3.8, 4) is 0 Å². The first-order valence-corrected chi connectivity index (χ1v) is 11.6. The molecule has 7 nitrogen and oxygen atoms in total. The molecule has 2 saturated heterocycles. The predicted octanol–water partition coefficient (Wildman–Crippen LogP) is 4.23. The van der Waals surface area contributed by atoms with Gasteiger partial charge in [-0.15, -0.1) is 0 Å². The number of benzene rings is 1. The number of hydrogen-bond acceptors (Lipinski definition) is 7. The lowest BCUT2D eigenvalue weighted by Gasteiger charge is -2.20. The van der Waals surface area contributed by atoms with Gasteiger partial charge in [0, 0.05) is 5.57 Å². The van der Waals surface area contributed by atoms with Gasteiger partial charge in [-0.2, -0.15) is 0 Å². The van der Waals surface area contributed by atoms with Crippen LogP contribution in [0.3, 0.4) is 0 Å². The van der Waals surface area contributed by atoms with Crippen LogP contribution in [0, 0.1) is 5.41 Å². The quantitative estimate of drug-likeness (QED) is 0.260. The summed E-state index contributed by atoms with van der Waals surface area (Å²) in [7, 11) is 0. The van der Waals surface area contributed by atoms with Gasteiger partial charge in [0.25, 0.3) is 0 Å². The molecular formula is C27H40O7. The minimum Gasteiger partial charge on any atom is -0.454 e. The van der Waals surface area contributed by atoms with E-state index < -0.39 is 17.7 Å². The van der Waals surface area contributed by atoms with Crippen molar-refractivity contribution >= 4 is 12.0 Å². The molecule has 0 amide bonds. The molecule has 4 atom stereocenters. The van der Waals surface area contributed by atoms with Crippen LogP contribution in [-0.4, -0.2) is 62.1 Å². The molecule has 7 heteroatoms. The minimum absolute atomic E-state index is 0.101. The van der Waals surface area contributed by atoms with Crippen LogP contribution in [0.1, 0.15) is 52.7 Å². The van der Waals surface area contributed by atoms with Gasteiger partial charge in [-0.25, -0.2) is 4.79 Å². The monoisotopic (exact) mass is 476 g/mol. The molecule has 0 aromatic heterocycles. The lowest BCUT2D eigenvalue weighted by atomic mass is 9.97. The lowest BCUT2D eigenvalue weighted by Crippen LogP contribution is -2.35. The molecule has 0 radical (unpaired) electrons. The molecule has 3 rings (SSSR count). The van der Waals surface area contributed by atoms with E-state index in [4.69, 9.17) is 23.7 Å².